The van der Waals surface area contributed by atoms with Gasteiger partial charge in [-0.2, -0.15) is 4.68 Å². The molecule has 2 aromatic carbocycles. The molecule has 32 heavy (non-hydrogen) atoms. The van der Waals surface area contributed by atoms with Gasteiger partial charge in [-0.3, -0.25) is 15.0 Å². The van der Waals surface area contributed by atoms with Gasteiger partial charge >= 0.3 is 17.1 Å². The minimum atomic E-state index is -0.998. The molecule has 3 aromatic rings. The lowest BCUT2D eigenvalue weighted by atomic mass is 9.96. The van der Waals surface area contributed by atoms with Gasteiger partial charge in [0.2, 0.25) is 0 Å². The summed E-state index contributed by atoms with van der Waals surface area (Å²) in [6.45, 7) is 2.63. The Morgan fingerprint density at radius 1 is 1.06 bits per heavy atom. The van der Waals surface area contributed by atoms with Gasteiger partial charge in [-0.25, -0.2) is 4.79 Å². The third kappa shape index (κ3) is 4.62. The van der Waals surface area contributed by atoms with Gasteiger partial charge < -0.3 is 21.2 Å². The lowest BCUT2D eigenvalue weighted by Crippen LogP contribution is -2.43. The molecule has 1 saturated heterocycles. The zero-order valence-corrected chi connectivity index (χ0v) is 17.5. The van der Waals surface area contributed by atoms with Crippen LogP contribution in [0.3, 0.4) is 0 Å². The second-order valence-electron chi connectivity index (χ2n) is 8.17. The van der Waals surface area contributed by atoms with E-state index in [4.69, 9.17) is 11.1 Å². The SMILES string of the molecule is N=C(N)c1cccc(-c2cc(CNCC3CCN(n4c(=O)c4=O)CC3)cc(C(=O)O)c2)c1. The lowest BCUT2D eigenvalue weighted by Gasteiger charge is -2.31. The van der Waals surface area contributed by atoms with Gasteiger partial charge in [-0.1, -0.05) is 18.2 Å². The zero-order valence-electron chi connectivity index (χ0n) is 17.5. The highest BCUT2D eigenvalue weighted by Crippen LogP contribution is 2.24. The maximum atomic E-state index is 11.6. The minimum absolute atomic E-state index is 0.0404. The molecule has 0 aliphatic carbocycles. The van der Waals surface area contributed by atoms with E-state index in [-0.39, 0.29) is 11.4 Å². The van der Waals surface area contributed by atoms with Crippen LogP contribution in [0.1, 0.15) is 34.3 Å². The Hall–Kier alpha value is -3.72. The molecule has 0 bridgehead atoms. The minimum Gasteiger partial charge on any atom is -0.478 e. The Kier molecular flexibility index (Phi) is 5.91. The first-order valence-electron chi connectivity index (χ1n) is 10.5. The summed E-state index contributed by atoms with van der Waals surface area (Å²) in [7, 11) is 0. The number of piperidine rings is 1. The summed E-state index contributed by atoms with van der Waals surface area (Å²) in [5.41, 5.74) is 7.93. The molecule has 0 unspecified atom stereocenters. The number of nitrogens with one attached hydrogen (secondary N) is 2. The Morgan fingerprint density at radius 3 is 2.38 bits per heavy atom. The van der Waals surface area contributed by atoms with E-state index in [1.807, 2.05) is 12.1 Å². The highest BCUT2D eigenvalue weighted by molar-refractivity contribution is 5.96. The number of nitrogens with zero attached hydrogens (tertiary/aromatic N) is 2. The molecule has 0 radical (unpaired) electrons. The van der Waals surface area contributed by atoms with Crippen LogP contribution in [0.15, 0.2) is 52.1 Å². The summed E-state index contributed by atoms with van der Waals surface area (Å²) < 4.78 is 1.21. The number of rotatable bonds is 8. The van der Waals surface area contributed by atoms with Crippen LogP contribution in [-0.2, 0) is 6.54 Å². The average molecular weight is 435 g/mol. The summed E-state index contributed by atoms with van der Waals surface area (Å²) in [4.78, 5) is 34.1. The van der Waals surface area contributed by atoms with Gasteiger partial charge in [0, 0.05) is 25.2 Å². The van der Waals surface area contributed by atoms with Crippen LogP contribution in [0.4, 0.5) is 0 Å². The molecule has 1 aliphatic heterocycles. The number of amidine groups is 1. The smallest absolute Gasteiger partial charge is 0.340 e. The fourth-order valence-corrected chi connectivity index (χ4v) is 4.08. The van der Waals surface area contributed by atoms with Crippen LogP contribution in [0.25, 0.3) is 11.1 Å². The van der Waals surface area contributed by atoms with Crippen LogP contribution in [0, 0.1) is 11.3 Å². The fourth-order valence-electron chi connectivity index (χ4n) is 4.08. The largest absolute Gasteiger partial charge is 0.478 e. The normalized spacial score (nSPS) is 14.7. The molecule has 0 amide bonds. The van der Waals surface area contributed by atoms with E-state index in [0.29, 0.717) is 31.1 Å². The number of hydrogen-bond donors (Lipinski definition) is 4. The molecule has 1 fully saturated rings. The number of aromatic carboxylic acids is 1. The van der Waals surface area contributed by atoms with Gasteiger partial charge in [0.05, 0.1) is 5.56 Å². The lowest BCUT2D eigenvalue weighted by molar-refractivity contribution is 0.0696. The van der Waals surface area contributed by atoms with Gasteiger partial charge in [0.25, 0.3) is 0 Å². The number of nitrogen functional groups attached to an aromatic ring is 1. The molecule has 0 spiro atoms. The van der Waals surface area contributed by atoms with Crippen molar-refractivity contribution < 1.29 is 9.90 Å². The summed E-state index contributed by atoms with van der Waals surface area (Å²) in [6.07, 6.45) is 1.75. The van der Waals surface area contributed by atoms with E-state index < -0.39 is 17.1 Å². The van der Waals surface area contributed by atoms with Crippen molar-refractivity contribution in [3.63, 3.8) is 0 Å². The van der Waals surface area contributed by atoms with Crippen molar-refractivity contribution >= 4 is 11.8 Å². The zero-order chi connectivity index (χ0) is 22.8. The number of hydrogen-bond acceptors (Lipinski definition) is 6. The number of carbonyl (C=O) groups is 1. The van der Waals surface area contributed by atoms with E-state index in [1.165, 1.54) is 4.68 Å². The highest BCUT2D eigenvalue weighted by Gasteiger charge is 2.27. The van der Waals surface area contributed by atoms with Crippen molar-refractivity contribution in [2.45, 2.75) is 19.4 Å². The van der Waals surface area contributed by atoms with E-state index in [2.05, 4.69) is 5.32 Å². The van der Waals surface area contributed by atoms with Crippen LogP contribution in [-0.4, -0.2) is 41.2 Å². The monoisotopic (exact) mass is 435 g/mol. The summed E-state index contributed by atoms with van der Waals surface area (Å²) in [5, 5.41) is 22.4. The molecule has 0 atom stereocenters. The molecule has 9 nitrogen and oxygen atoms in total. The van der Waals surface area contributed by atoms with Crippen molar-refractivity contribution in [3.05, 3.63) is 79.9 Å². The molecule has 4 rings (SSSR count). The van der Waals surface area contributed by atoms with Gasteiger partial charge in [-0.05, 0) is 66.3 Å². The van der Waals surface area contributed by atoms with E-state index in [1.54, 1.807) is 35.3 Å². The molecule has 166 valence electrons. The van der Waals surface area contributed by atoms with E-state index in [0.717, 1.165) is 36.1 Å². The van der Waals surface area contributed by atoms with E-state index >= 15 is 0 Å². The highest BCUT2D eigenvalue weighted by atomic mass is 16.4. The molecule has 0 saturated carbocycles. The third-order valence-electron chi connectivity index (χ3n) is 5.90. The topological polar surface area (TPSA) is 142 Å². The molecule has 1 aromatic heterocycles. The van der Waals surface area contributed by atoms with Crippen molar-refractivity contribution in [1.82, 2.24) is 9.99 Å². The first kappa shape index (κ1) is 21.5. The number of aromatic nitrogens is 1. The Bertz CT molecular complexity index is 1210. The Labute approximate surface area is 184 Å². The van der Waals surface area contributed by atoms with Crippen LogP contribution in [0.2, 0.25) is 0 Å². The predicted octanol–water partition coefficient (Wildman–Crippen LogP) is 0.871. The van der Waals surface area contributed by atoms with E-state index in [9.17, 15) is 19.5 Å². The van der Waals surface area contributed by atoms with Crippen molar-refractivity contribution in [1.29, 1.82) is 5.41 Å². The van der Waals surface area contributed by atoms with Crippen LogP contribution in [0.5, 0.6) is 0 Å². The summed E-state index contributed by atoms with van der Waals surface area (Å²) in [6, 6.07) is 12.4. The van der Waals surface area contributed by atoms with Crippen LogP contribution >= 0.6 is 0 Å². The molecular weight excluding hydrogens is 410 g/mol. The number of nitrogens with two attached hydrogens (primary N) is 1. The first-order chi connectivity index (χ1) is 15.3. The summed E-state index contributed by atoms with van der Waals surface area (Å²) >= 11 is 0. The number of carboxylic acid groups (broad SMARTS) is 1. The molecule has 2 heterocycles. The second kappa shape index (κ2) is 8.80. The van der Waals surface area contributed by atoms with Gasteiger partial charge in [0.1, 0.15) is 5.84 Å². The Balaban J connectivity index is 1.40. The predicted molar refractivity (Wildman–Crippen MR) is 122 cm³/mol. The fraction of sp³-hybridized carbons (Fsp3) is 0.304. The number of benzene rings is 2. The van der Waals surface area contributed by atoms with Gasteiger partial charge in [-0.15, -0.1) is 0 Å². The molecule has 9 heteroatoms. The summed E-state index contributed by atoms with van der Waals surface area (Å²) in [5.74, 6) is -0.616. The maximum Gasteiger partial charge on any atom is 0.340 e. The quantitative estimate of drug-likeness (QED) is 0.234. The Morgan fingerprint density at radius 2 is 1.75 bits per heavy atom. The van der Waals surface area contributed by atoms with Gasteiger partial charge in [0.15, 0.2) is 0 Å². The van der Waals surface area contributed by atoms with Crippen molar-refractivity contribution in [2.24, 2.45) is 11.7 Å². The maximum absolute atomic E-state index is 11.6. The van der Waals surface area contributed by atoms with Crippen molar-refractivity contribution in [3.8, 4) is 11.1 Å². The third-order valence-corrected chi connectivity index (χ3v) is 5.90. The molecular formula is C23H25N5O4. The first-order valence-corrected chi connectivity index (χ1v) is 10.5. The molecule has 1 aliphatic rings. The number of carboxylic acids is 1. The average Bonchev–Trinajstić information content (AvgIpc) is 3.39. The second-order valence-corrected chi connectivity index (χ2v) is 8.17. The van der Waals surface area contributed by atoms with Crippen molar-refractivity contribution in [2.75, 3.05) is 24.6 Å². The standard InChI is InChI=1S/C23H25N5O4/c24-20(25)17-3-1-2-16(10-17)18-8-15(9-19(11-18)23(31)32)13-26-12-14-4-6-27(7-5-14)28-21(29)22(28)30/h1-3,8-11,14,26H,4-7,12-13H2,(H3,24,25)(H,31,32). The van der Waals surface area contributed by atoms with Crippen LogP contribution < -0.4 is 27.2 Å². The molecule has 5 N–H and O–H groups in total.